The van der Waals surface area contributed by atoms with Gasteiger partial charge in [-0.25, -0.2) is 0 Å². The molecule has 3 N–H and O–H groups in total. The first kappa shape index (κ1) is 8.50. The van der Waals surface area contributed by atoms with E-state index in [1.54, 1.807) is 30.6 Å². The van der Waals surface area contributed by atoms with Crippen LogP contribution in [0.15, 0.2) is 36.7 Å². The zero-order valence-corrected chi connectivity index (χ0v) is 7.38. The third kappa shape index (κ3) is 1.37. The largest absolute Gasteiger partial charge is 0.504 e. The van der Waals surface area contributed by atoms with Gasteiger partial charge in [0.1, 0.15) is 5.69 Å². The fourth-order valence-corrected chi connectivity index (χ4v) is 1.16. The van der Waals surface area contributed by atoms with Crippen molar-refractivity contribution >= 4 is 5.69 Å². The zero-order chi connectivity index (χ0) is 9.97. The van der Waals surface area contributed by atoms with Gasteiger partial charge in [0, 0.05) is 12.4 Å². The summed E-state index contributed by atoms with van der Waals surface area (Å²) in [5.74, 6) is -0.0220. The maximum absolute atomic E-state index is 9.62. The molecule has 0 aliphatic rings. The van der Waals surface area contributed by atoms with Gasteiger partial charge in [0.05, 0.1) is 11.4 Å². The van der Waals surface area contributed by atoms with E-state index >= 15 is 0 Å². The first-order chi connectivity index (χ1) is 6.79. The summed E-state index contributed by atoms with van der Waals surface area (Å²) < 4.78 is 0. The summed E-state index contributed by atoms with van der Waals surface area (Å²) in [7, 11) is 0. The van der Waals surface area contributed by atoms with Gasteiger partial charge in [0.15, 0.2) is 5.75 Å². The van der Waals surface area contributed by atoms with Crippen molar-refractivity contribution in [2.75, 3.05) is 5.73 Å². The van der Waals surface area contributed by atoms with E-state index < -0.39 is 0 Å². The Morgan fingerprint density at radius 1 is 1.07 bits per heavy atom. The Kier molecular flexibility index (Phi) is 2.02. The maximum Gasteiger partial charge on any atom is 0.166 e. The van der Waals surface area contributed by atoms with Gasteiger partial charge in [0.2, 0.25) is 0 Å². The molecule has 14 heavy (non-hydrogen) atoms. The van der Waals surface area contributed by atoms with Crippen LogP contribution in [0.4, 0.5) is 5.69 Å². The molecule has 0 aromatic carbocycles. The van der Waals surface area contributed by atoms with Crippen LogP contribution >= 0.6 is 0 Å². The van der Waals surface area contributed by atoms with Crippen molar-refractivity contribution in [1.29, 1.82) is 0 Å². The van der Waals surface area contributed by atoms with Crippen molar-refractivity contribution in [3.63, 3.8) is 0 Å². The standard InChI is InChI=1S/C10H9N3O/c11-7-4-6-13-9(10(7)14)8-3-1-2-5-12-8/h1-6,14H,(H2,11,13). The molecule has 0 radical (unpaired) electrons. The van der Waals surface area contributed by atoms with Crippen molar-refractivity contribution in [2.24, 2.45) is 0 Å². The number of nitrogens with zero attached hydrogens (tertiary/aromatic N) is 2. The minimum Gasteiger partial charge on any atom is -0.504 e. The van der Waals surface area contributed by atoms with Crippen LogP contribution in [0, 0.1) is 0 Å². The van der Waals surface area contributed by atoms with Crippen LogP contribution in [-0.4, -0.2) is 15.1 Å². The lowest BCUT2D eigenvalue weighted by atomic mass is 10.2. The number of hydrogen-bond acceptors (Lipinski definition) is 4. The van der Waals surface area contributed by atoms with Gasteiger partial charge < -0.3 is 10.8 Å². The van der Waals surface area contributed by atoms with Crippen molar-refractivity contribution < 1.29 is 5.11 Å². The molecule has 0 aliphatic heterocycles. The van der Waals surface area contributed by atoms with E-state index in [0.29, 0.717) is 17.1 Å². The van der Waals surface area contributed by atoms with Crippen molar-refractivity contribution in [1.82, 2.24) is 9.97 Å². The Hall–Kier alpha value is -2.10. The summed E-state index contributed by atoms with van der Waals surface area (Å²) in [5.41, 5.74) is 6.86. The van der Waals surface area contributed by atoms with Crippen molar-refractivity contribution in [3.8, 4) is 17.1 Å². The molecule has 0 saturated carbocycles. The van der Waals surface area contributed by atoms with Crippen molar-refractivity contribution in [2.45, 2.75) is 0 Å². The summed E-state index contributed by atoms with van der Waals surface area (Å²) in [6.45, 7) is 0. The monoisotopic (exact) mass is 187 g/mol. The highest BCUT2D eigenvalue weighted by atomic mass is 16.3. The van der Waals surface area contributed by atoms with Gasteiger partial charge in [0.25, 0.3) is 0 Å². The number of rotatable bonds is 1. The summed E-state index contributed by atoms with van der Waals surface area (Å²) in [4.78, 5) is 8.09. The lowest BCUT2D eigenvalue weighted by Crippen LogP contribution is -1.92. The van der Waals surface area contributed by atoms with Gasteiger partial charge in [-0.05, 0) is 18.2 Å². The number of aromatic nitrogens is 2. The molecule has 4 heteroatoms. The number of aromatic hydroxyl groups is 1. The van der Waals surface area contributed by atoms with Gasteiger partial charge >= 0.3 is 0 Å². The number of nitrogen functional groups attached to an aromatic ring is 1. The Labute approximate surface area is 81.1 Å². The highest BCUT2D eigenvalue weighted by Gasteiger charge is 2.08. The minimum absolute atomic E-state index is 0.0220. The topological polar surface area (TPSA) is 72.0 Å². The van der Waals surface area contributed by atoms with E-state index in [0.717, 1.165) is 0 Å². The molecule has 0 fully saturated rings. The van der Waals surface area contributed by atoms with Gasteiger partial charge in [-0.2, -0.15) is 0 Å². The van der Waals surface area contributed by atoms with E-state index in [1.165, 1.54) is 0 Å². The fourth-order valence-electron chi connectivity index (χ4n) is 1.16. The van der Waals surface area contributed by atoms with Crippen LogP contribution in [0.2, 0.25) is 0 Å². The van der Waals surface area contributed by atoms with E-state index in [2.05, 4.69) is 9.97 Å². The zero-order valence-electron chi connectivity index (χ0n) is 7.38. The van der Waals surface area contributed by atoms with Crippen LogP contribution in [0.3, 0.4) is 0 Å². The van der Waals surface area contributed by atoms with Crippen LogP contribution in [0.1, 0.15) is 0 Å². The van der Waals surface area contributed by atoms with Crippen LogP contribution in [0.25, 0.3) is 11.4 Å². The molecule has 2 aromatic rings. The lowest BCUT2D eigenvalue weighted by Gasteiger charge is -2.03. The third-order valence-corrected chi connectivity index (χ3v) is 1.86. The van der Waals surface area contributed by atoms with E-state index in [-0.39, 0.29) is 5.75 Å². The molecule has 4 nitrogen and oxygen atoms in total. The molecule has 0 atom stereocenters. The lowest BCUT2D eigenvalue weighted by molar-refractivity contribution is 0.477. The number of nitrogens with two attached hydrogens (primary N) is 1. The Morgan fingerprint density at radius 2 is 1.93 bits per heavy atom. The molecule has 0 unspecified atom stereocenters. The SMILES string of the molecule is Nc1ccnc(-c2ccccn2)c1O. The van der Waals surface area contributed by atoms with E-state index in [1.807, 2.05) is 6.07 Å². The molecular weight excluding hydrogens is 178 g/mol. The summed E-state index contributed by atoms with van der Waals surface area (Å²) in [6.07, 6.45) is 3.18. The molecule has 70 valence electrons. The smallest absolute Gasteiger partial charge is 0.166 e. The molecule has 0 bridgehead atoms. The number of hydrogen-bond donors (Lipinski definition) is 2. The second kappa shape index (κ2) is 3.33. The molecule has 2 rings (SSSR count). The average molecular weight is 187 g/mol. The second-order valence-electron chi connectivity index (χ2n) is 2.81. The second-order valence-corrected chi connectivity index (χ2v) is 2.81. The average Bonchev–Trinajstić information content (AvgIpc) is 2.23. The third-order valence-electron chi connectivity index (χ3n) is 1.86. The van der Waals surface area contributed by atoms with Crippen molar-refractivity contribution in [3.05, 3.63) is 36.7 Å². The molecule has 2 aromatic heterocycles. The summed E-state index contributed by atoms with van der Waals surface area (Å²) >= 11 is 0. The van der Waals surface area contributed by atoms with Crippen LogP contribution < -0.4 is 5.73 Å². The van der Waals surface area contributed by atoms with Crippen LogP contribution in [0.5, 0.6) is 5.75 Å². The van der Waals surface area contributed by atoms with E-state index in [4.69, 9.17) is 5.73 Å². The molecule has 0 aliphatic carbocycles. The Morgan fingerprint density at radius 3 is 2.64 bits per heavy atom. The minimum atomic E-state index is -0.0220. The van der Waals surface area contributed by atoms with Gasteiger partial charge in [-0.15, -0.1) is 0 Å². The molecule has 0 amide bonds. The molecule has 0 spiro atoms. The summed E-state index contributed by atoms with van der Waals surface area (Å²) in [5, 5.41) is 9.62. The highest BCUT2D eigenvalue weighted by molar-refractivity contribution is 5.70. The first-order valence-electron chi connectivity index (χ1n) is 4.14. The molecule has 2 heterocycles. The normalized spacial score (nSPS) is 10.0. The molecule has 0 saturated heterocycles. The Bertz CT molecular complexity index is 442. The molecular formula is C10H9N3O. The quantitative estimate of drug-likeness (QED) is 0.708. The number of anilines is 1. The summed E-state index contributed by atoms with van der Waals surface area (Å²) in [6, 6.07) is 6.93. The highest BCUT2D eigenvalue weighted by Crippen LogP contribution is 2.29. The predicted molar refractivity (Wildman–Crippen MR) is 53.5 cm³/mol. The van der Waals surface area contributed by atoms with Gasteiger partial charge in [-0.3, -0.25) is 9.97 Å². The maximum atomic E-state index is 9.62. The fraction of sp³-hybridized carbons (Fsp3) is 0. The van der Waals surface area contributed by atoms with E-state index in [9.17, 15) is 5.11 Å². The number of pyridine rings is 2. The van der Waals surface area contributed by atoms with Crippen LogP contribution in [-0.2, 0) is 0 Å². The Balaban J connectivity index is 2.58. The predicted octanol–water partition coefficient (Wildman–Crippen LogP) is 1.43. The van der Waals surface area contributed by atoms with Gasteiger partial charge in [-0.1, -0.05) is 6.07 Å². The first-order valence-corrected chi connectivity index (χ1v) is 4.14.